The smallest absolute Gasteiger partial charge is 0.141 e. The van der Waals surface area contributed by atoms with Crippen LogP contribution in [0.15, 0.2) is 18.5 Å². The van der Waals surface area contributed by atoms with Crippen molar-refractivity contribution in [1.29, 1.82) is 0 Å². The van der Waals surface area contributed by atoms with Crippen LogP contribution in [0.5, 0.6) is 0 Å². The van der Waals surface area contributed by atoms with Gasteiger partial charge in [0, 0.05) is 18.2 Å². The van der Waals surface area contributed by atoms with Gasteiger partial charge in [-0.05, 0) is 31.5 Å². The highest BCUT2D eigenvalue weighted by Gasteiger charge is 2.24. The molecule has 1 heterocycles. The van der Waals surface area contributed by atoms with Gasteiger partial charge in [0.25, 0.3) is 0 Å². The molecule has 1 aromatic rings. The van der Waals surface area contributed by atoms with Gasteiger partial charge in [-0.3, -0.25) is 4.98 Å². The Morgan fingerprint density at radius 1 is 1.25 bits per heavy atom. The van der Waals surface area contributed by atoms with E-state index in [4.69, 9.17) is 0 Å². The summed E-state index contributed by atoms with van der Waals surface area (Å²) < 4.78 is 13.2. The highest BCUT2D eigenvalue weighted by atomic mass is 19.1. The number of nitrogens with one attached hydrogen (secondary N) is 1. The molecule has 1 aliphatic carbocycles. The Balaban J connectivity index is 2.21. The predicted octanol–water partition coefficient (Wildman–Crippen LogP) is 2.86. The molecule has 1 N–H and O–H groups in total. The molecule has 0 aromatic carbocycles. The molecule has 0 amide bonds. The van der Waals surface area contributed by atoms with Gasteiger partial charge >= 0.3 is 0 Å². The van der Waals surface area contributed by atoms with Crippen LogP contribution in [0.3, 0.4) is 0 Å². The van der Waals surface area contributed by atoms with Crippen LogP contribution in [-0.2, 0) is 0 Å². The van der Waals surface area contributed by atoms with E-state index in [1.165, 1.54) is 31.9 Å². The monoisotopic (exact) mass is 222 g/mol. The van der Waals surface area contributed by atoms with Crippen molar-refractivity contribution in [2.45, 2.75) is 44.1 Å². The van der Waals surface area contributed by atoms with E-state index in [0.29, 0.717) is 12.0 Å². The van der Waals surface area contributed by atoms with E-state index in [-0.39, 0.29) is 5.82 Å². The molecule has 0 radical (unpaired) electrons. The zero-order valence-electron chi connectivity index (χ0n) is 9.75. The Labute approximate surface area is 96.3 Å². The van der Waals surface area contributed by atoms with Gasteiger partial charge in [-0.2, -0.15) is 0 Å². The topological polar surface area (TPSA) is 24.9 Å². The minimum Gasteiger partial charge on any atom is -0.316 e. The van der Waals surface area contributed by atoms with Crippen LogP contribution in [0.4, 0.5) is 4.39 Å². The van der Waals surface area contributed by atoms with Crippen LogP contribution < -0.4 is 5.32 Å². The summed E-state index contributed by atoms with van der Waals surface area (Å²) in [6, 6.07) is 2.10. The van der Waals surface area contributed by atoms with Crippen LogP contribution in [0.2, 0.25) is 0 Å². The number of halogens is 1. The second-order valence-electron chi connectivity index (χ2n) is 4.58. The number of likely N-dealkylation sites (N-methyl/N-ethyl adjacent to an activating group) is 1. The van der Waals surface area contributed by atoms with Gasteiger partial charge in [-0.1, -0.05) is 19.3 Å². The second-order valence-corrected chi connectivity index (χ2v) is 4.58. The highest BCUT2D eigenvalue weighted by Crippen LogP contribution is 2.31. The van der Waals surface area contributed by atoms with Gasteiger partial charge < -0.3 is 5.32 Å². The number of hydrogen-bond donors (Lipinski definition) is 1. The van der Waals surface area contributed by atoms with Gasteiger partial charge in [0.1, 0.15) is 5.82 Å². The molecule has 0 bridgehead atoms. The van der Waals surface area contributed by atoms with Crippen LogP contribution in [-0.4, -0.2) is 18.1 Å². The second kappa shape index (κ2) is 5.39. The van der Waals surface area contributed by atoms with Crippen molar-refractivity contribution >= 4 is 0 Å². The molecule has 1 saturated carbocycles. The minimum atomic E-state index is -0.225. The van der Waals surface area contributed by atoms with Crippen molar-refractivity contribution in [3.63, 3.8) is 0 Å². The average Bonchev–Trinajstić information content (AvgIpc) is 2.53. The van der Waals surface area contributed by atoms with Crippen LogP contribution >= 0.6 is 0 Å². The minimum absolute atomic E-state index is 0.225. The summed E-state index contributed by atoms with van der Waals surface area (Å²) in [6.07, 6.45) is 9.19. The molecule has 2 rings (SSSR count). The summed E-state index contributed by atoms with van der Waals surface area (Å²) in [5, 5.41) is 3.36. The zero-order valence-corrected chi connectivity index (χ0v) is 9.75. The van der Waals surface area contributed by atoms with E-state index in [2.05, 4.69) is 10.3 Å². The Kier molecular flexibility index (Phi) is 3.88. The molecule has 1 aromatic heterocycles. The molecule has 2 nitrogen and oxygen atoms in total. The summed E-state index contributed by atoms with van der Waals surface area (Å²) in [7, 11) is 2.00. The number of hydrogen-bond acceptors (Lipinski definition) is 2. The van der Waals surface area contributed by atoms with Crippen LogP contribution in [0, 0.1) is 5.82 Å². The number of nitrogens with zero attached hydrogens (tertiary/aromatic N) is 1. The van der Waals surface area contributed by atoms with E-state index >= 15 is 0 Å². The normalized spacial score (nSPS) is 26.4. The molecule has 16 heavy (non-hydrogen) atoms. The lowest BCUT2D eigenvalue weighted by atomic mass is 9.88. The quantitative estimate of drug-likeness (QED) is 0.778. The molecule has 0 aliphatic heterocycles. The Hall–Kier alpha value is -0.960. The third-order valence-electron chi connectivity index (χ3n) is 3.54. The highest BCUT2D eigenvalue weighted by molar-refractivity contribution is 5.18. The van der Waals surface area contributed by atoms with E-state index in [1.807, 2.05) is 13.2 Å². The van der Waals surface area contributed by atoms with E-state index in [9.17, 15) is 4.39 Å². The fourth-order valence-corrected chi connectivity index (χ4v) is 2.68. The number of aromatic nitrogens is 1. The summed E-state index contributed by atoms with van der Waals surface area (Å²) in [5.74, 6) is 0.187. The molecule has 0 saturated heterocycles. The molecule has 1 fully saturated rings. The predicted molar refractivity (Wildman–Crippen MR) is 62.9 cm³/mol. The molecule has 2 unspecified atom stereocenters. The van der Waals surface area contributed by atoms with Gasteiger partial charge in [0.05, 0.1) is 6.20 Å². The number of rotatable bonds is 2. The van der Waals surface area contributed by atoms with Gasteiger partial charge in [-0.25, -0.2) is 4.39 Å². The largest absolute Gasteiger partial charge is 0.316 e. The van der Waals surface area contributed by atoms with Crippen LogP contribution in [0.1, 0.15) is 43.6 Å². The molecule has 1 aliphatic rings. The van der Waals surface area contributed by atoms with Crippen molar-refractivity contribution in [3.8, 4) is 0 Å². The zero-order chi connectivity index (χ0) is 11.4. The molecular formula is C13H19FN2. The van der Waals surface area contributed by atoms with Crippen molar-refractivity contribution in [2.75, 3.05) is 7.05 Å². The van der Waals surface area contributed by atoms with E-state index < -0.39 is 0 Å². The first-order valence-electron chi connectivity index (χ1n) is 6.09. The van der Waals surface area contributed by atoms with Crippen molar-refractivity contribution in [3.05, 3.63) is 29.8 Å². The van der Waals surface area contributed by atoms with Crippen LogP contribution in [0.25, 0.3) is 0 Å². The lowest BCUT2D eigenvalue weighted by Gasteiger charge is -2.24. The number of pyridine rings is 1. The lowest BCUT2D eigenvalue weighted by Crippen LogP contribution is -2.31. The third-order valence-corrected chi connectivity index (χ3v) is 3.54. The summed E-state index contributed by atoms with van der Waals surface area (Å²) >= 11 is 0. The fourth-order valence-electron chi connectivity index (χ4n) is 2.68. The standard InChI is InChI=1S/C13H19FN2/c1-15-13-6-4-2-3-5-12(13)10-7-11(14)9-16-8-10/h7-9,12-13,15H,2-6H2,1H3. The van der Waals surface area contributed by atoms with Gasteiger partial charge in [0.2, 0.25) is 0 Å². The summed E-state index contributed by atoms with van der Waals surface area (Å²) in [4.78, 5) is 3.96. The van der Waals surface area contributed by atoms with Crippen molar-refractivity contribution < 1.29 is 4.39 Å². The van der Waals surface area contributed by atoms with E-state index in [1.54, 1.807) is 6.07 Å². The van der Waals surface area contributed by atoms with Gasteiger partial charge in [-0.15, -0.1) is 0 Å². The first-order chi connectivity index (χ1) is 7.81. The molecule has 2 atom stereocenters. The van der Waals surface area contributed by atoms with E-state index in [0.717, 1.165) is 12.0 Å². The Morgan fingerprint density at radius 2 is 2.06 bits per heavy atom. The maximum atomic E-state index is 13.2. The van der Waals surface area contributed by atoms with Crippen molar-refractivity contribution in [2.24, 2.45) is 0 Å². The first kappa shape index (κ1) is 11.5. The van der Waals surface area contributed by atoms with Gasteiger partial charge in [0.15, 0.2) is 0 Å². The average molecular weight is 222 g/mol. The molecule has 0 spiro atoms. The Bertz CT molecular complexity index is 340. The molecular weight excluding hydrogens is 203 g/mol. The maximum absolute atomic E-state index is 13.2. The molecule has 3 heteroatoms. The third kappa shape index (κ3) is 2.59. The SMILES string of the molecule is CNC1CCCCCC1c1cncc(F)c1. The fraction of sp³-hybridized carbons (Fsp3) is 0.615. The maximum Gasteiger partial charge on any atom is 0.141 e. The lowest BCUT2D eigenvalue weighted by molar-refractivity contribution is 0.436. The Morgan fingerprint density at radius 3 is 2.81 bits per heavy atom. The van der Waals surface area contributed by atoms with Crippen molar-refractivity contribution in [1.82, 2.24) is 10.3 Å². The summed E-state index contributed by atoms with van der Waals surface area (Å²) in [6.45, 7) is 0. The molecule has 88 valence electrons. The first-order valence-corrected chi connectivity index (χ1v) is 6.09. The summed E-state index contributed by atoms with van der Waals surface area (Å²) in [5.41, 5.74) is 1.04.